The summed E-state index contributed by atoms with van der Waals surface area (Å²) in [7, 11) is 0. The molecule has 1 aliphatic carbocycles. The molecule has 2 fully saturated rings. The number of carbonyl (C=O) groups excluding carboxylic acids is 1. The van der Waals surface area contributed by atoms with E-state index in [4.69, 9.17) is 9.15 Å². The Labute approximate surface area is 125 Å². The number of ether oxygens (including phenoxy) is 1. The number of likely N-dealkylation sites (tertiary alicyclic amines) is 1. The fourth-order valence-corrected chi connectivity index (χ4v) is 3.16. The van der Waals surface area contributed by atoms with Crippen LogP contribution in [0, 0.1) is 11.8 Å². The SMILES string of the molecule is CC(NC1C2CN(C(=O)OC(C)(C)C)CC21)c1ccoc1. The van der Waals surface area contributed by atoms with Crippen molar-refractivity contribution in [2.24, 2.45) is 11.8 Å². The molecule has 1 aromatic rings. The van der Waals surface area contributed by atoms with Crippen molar-refractivity contribution in [2.75, 3.05) is 13.1 Å². The second-order valence-corrected chi connectivity index (χ2v) is 7.18. The number of hydrogen-bond acceptors (Lipinski definition) is 4. The fraction of sp³-hybridized carbons (Fsp3) is 0.688. The van der Waals surface area contributed by atoms with Gasteiger partial charge >= 0.3 is 6.09 Å². The standard InChI is InChI=1S/C16H24N2O3/c1-10(11-5-6-20-9-11)17-14-12-7-18(8-13(12)14)15(19)21-16(2,3)4/h5-6,9-10,12-14,17H,7-8H2,1-4H3. The predicted octanol–water partition coefficient (Wildman–Crippen LogP) is 2.80. The van der Waals surface area contributed by atoms with Crippen LogP contribution in [0.25, 0.3) is 0 Å². The summed E-state index contributed by atoms with van der Waals surface area (Å²) < 4.78 is 10.5. The molecule has 0 bridgehead atoms. The van der Waals surface area contributed by atoms with Crippen LogP contribution in [-0.2, 0) is 4.74 Å². The molecule has 5 nitrogen and oxygen atoms in total. The van der Waals surface area contributed by atoms with Crippen LogP contribution in [0.3, 0.4) is 0 Å². The van der Waals surface area contributed by atoms with Gasteiger partial charge in [0, 0.05) is 30.7 Å². The summed E-state index contributed by atoms with van der Waals surface area (Å²) in [6.45, 7) is 9.45. The monoisotopic (exact) mass is 292 g/mol. The molecule has 1 amide bonds. The van der Waals surface area contributed by atoms with E-state index in [1.807, 2.05) is 31.7 Å². The molecule has 0 radical (unpaired) electrons. The predicted molar refractivity (Wildman–Crippen MR) is 78.8 cm³/mol. The average molecular weight is 292 g/mol. The van der Waals surface area contributed by atoms with Crippen molar-refractivity contribution in [2.45, 2.75) is 45.4 Å². The lowest BCUT2D eigenvalue weighted by Gasteiger charge is -2.26. The van der Waals surface area contributed by atoms with Gasteiger partial charge in [0.15, 0.2) is 0 Å². The van der Waals surface area contributed by atoms with Crippen molar-refractivity contribution in [3.63, 3.8) is 0 Å². The molecule has 1 saturated carbocycles. The summed E-state index contributed by atoms with van der Waals surface area (Å²) in [4.78, 5) is 13.8. The Morgan fingerprint density at radius 3 is 2.62 bits per heavy atom. The van der Waals surface area contributed by atoms with Gasteiger partial charge in [0.25, 0.3) is 0 Å². The van der Waals surface area contributed by atoms with Gasteiger partial charge in [0.2, 0.25) is 0 Å². The van der Waals surface area contributed by atoms with E-state index in [-0.39, 0.29) is 12.1 Å². The number of piperidine rings is 1. The lowest BCUT2D eigenvalue weighted by molar-refractivity contribution is 0.0269. The van der Waals surface area contributed by atoms with Crippen molar-refractivity contribution in [1.29, 1.82) is 0 Å². The first-order valence-corrected chi connectivity index (χ1v) is 7.61. The molecule has 21 heavy (non-hydrogen) atoms. The third kappa shape index (κ3) is 3.07. The molecule has 2 heterocycles. The quantitative estimate of drug-likeness (QED) is 0.930. The van der Waals surface area contributed by atoms with Crippen LogP contribution in [0.4, 0.5) is 4.79 Å². The number of nitrogens with one attached hydrogen (secondary N) is 1. The minimum atomic E-state index is -0.419. The Balaban J connectivity index is 1.47. The number of fused-ring (bicyclic) bond motifs is 1. The molecule has 1 aliphatic heterocycles. The highest BCUT2D eigenvalue weighted by atomic mass is 16.6. The molecule has 3 unspecified atom stereocenters. The Morgan fingerprint density at radius 1 is 1.43 bits per heavy atom. The number of amides is 1. The molecule has 1 aromatic heterocycles. The number of rotatable bonds is 3. The fourth-order valence-electron chi connectivity index (χ4n) is 3.16. The van der Waals surface area contributed by atoms with Crippen LogP contribution < -0.4 is 5.32 Å². The van der Waals surface area contributed by atoms with Gasteiger partial charge in [-0.3, -0.25) is 0 Å². The third-order valence-electron chi connectivity index (χ3n) is 4.33. The van der Waals surface area contributed by atoms with Crippen molar-refractivity contribution < 1.29 is 13.9 Å². The zero-order valence-electron chi connectivity index (χ0n) is 13.1. The molecule has 3 rings (SSSR count). The van der Waals surface area contributed by atoms with Crippen LogP contribution in [0.2, 0.25) is 0 Å². The van der Waals surface area contributed by atoms with Crippen molar-refractivity contribution in [1.82, 2.24) is 10.2 Å². The van der Waals surface area contributed by atoms with Crippen LogP contribution in [0.1, 0.15) is 39.3 Å². The highest BCUT2D eigenvalue weighted by Gasteiger charge is 2.57. The largest absolute Gasteiger partial charge is 0.472 e. The smallest absolute Gasteiger partial charge is 0.410 e. The van der Waals surface area contributed by atoms with E-state index in [1.165, 1.54) is 5.56 Å². The van der Waals surface area contributed by atoms with Gasteiger partial charge in [0.1, 0.15) is 5.60 Å². The molecular formula is C16H24N2O3. The average Bonchev–Trinajstić information content (AvgIpc) is 2.87. The lowest BCUT2D eigenvalue weighted by atomic mass is 10.2. The Kier molecular flexibility index (Phi) is 3.48. The highest BCUT2D eigenvalue weighted by Crippen LogP contribution is 2.46. The minimum absolute atomic E-state index is 0.184. The number of nitrogens with zero attached hydrogens (tertiary/aromatic N) is 1. The summed E-state index contributed by atoms with van der Waals surface area (Å²) in [5, 5.41) is 3.63. The van der Waals surface area contributed by atoms with Gasteiger partial charge in [-0.15, -0.1) is 0 Å². The molecule has 116 valence electrons. The number of hydrogen-bond donors (Lipinski definition) is 1. The van der Waals surface area contributed by atoms with Crippen molar-refractivity contribution in [3.05, 3.63) is 24.2 Å². The maximum Gasteiger partial charge on any atom is 0.410 e. The summed E-state index contributed by atoms with van der Waals surface area (Å²) >= 11 is 0. The number of carbonyl (C=O) groups is 1. The van der Waals surface area contributed by atoms with E-state index in [2.05, 4.69) is 12.2 Å². The molecule has 2 aliphatic rings. The molecule has 5 heteroatoms. The minimum Gasteiger partial charge on any atom is -0.472 e. The van der Waals surface area contributed by atoms with Crippen LogP contribution >= 0.6 is 0 Å². The lowest BCUT2D eigenvalue weighted by Crippen LogP contribution is -2.39. The third-order valence-corrected chi connectivity index (χ3v) is 4.33. The normalized spacial score (nSPS) is 29.1. The zero-order valence-corrected chi connectivity index (χ0v) is 13.1. The number of furan rings is 1. The van der Waals surface area contributed by atoms with E-state index in [0.717, 1.165) is 13.1 Å². The Hall–Kier alpha value is -1.49. The van der Waals surface area contributed by atoms with Crippen LogP contribution in [-0.4, -0.2) is 35.7 Å². The van der Waals surface area contributed by atoms with E-state index in [9.17, 15) is 4.79 Å². The van der Waals surface area contributed by atoms with E-state index < -0.39 is 5.60 Å². The van der Waals surface area contributed by atoms with E-state index in [1.54, 1.807) is 12.5 Å². The van der Waals surface area contributed by atoms with Crippen LogP contribution in [0.15, 0.2) is 23.0 Å². The second kappa shape index (κ2) is 5.05. The summed E-state index contributed by atoms with van der Waals surface area (Å²) in [5.41, 5.74) is 0.751. The van der Waals surface area contributed by atoms with Gasteiger partial charge in [-0.1, -0.05) is 0 Å². The topological polar surface area (TPSA) is 54.7 Å². The molecule has 1 N–H and O–H groups in total. The zero-order chi connectivity index (χ0) is 15.2. The Bertz CT molecular complexity index is 494. The van der Waals surface area contributed by atoms with Gasteiger partial charge in [-0.25, -0.2) is 4.79 Å². The maximum atomic E-state index is 12.0. The molecule has 0 spiro atoms. The first kappa shape index (κ1) is 14.4. The first-order valence-electron chi connectivity index (χ1n) is 7.61. The Morgan fingerprint density at radius 2 is 2.10 bits per heavy atom. The van der Waals surface area contributed by atoms with E-state index in [0.29, 0.717) is 17.9 Å². The maximum absolute atomic E-state index is 12.0. The van der Waals surface area contributed by atoms with Gasteiger partial charge in [-0.05, 0) is 45.6 Å². The second-order valence-electron chi connectivity index (χ2n) is 7.18. The molecular weight excluding hydrogens is 268 g/mol. The summed E-state index contributed by atoms with van der Waals surface area (Å²) in [6.07, 6.45) is 3.30. The highest BCUT2D eigenvalue weighted by molar-refractivity contribution is 5.69. The van der Waals surface area contributed by atoms with Gasteiger partial charge in [-0.2, -0.15) is 0 Å². The molecule has 0 aromatic carbocycles. The summed E-state index contributed by atoms with van der Waals surface area (Å²) in [5.74, 6) is 1.12. The van der Waals surface area contributed by atoms with E-state index >= 15 is 0 Å². The van der Waals surface area contributed by atoms with Crippen molar-refractivity contribution in [3.8, 4) is 0 Å². The first-order chi connectivity index (χ1) is 9.85. The molecule has 3 atom stereocenters. The van der Waals surface area contributed by atoms with Gasteiger partial charge < -0.3 is 19.4 Å². The molecule has 1 saturated heterocycles. The van der Waals surface area contributed by atoms with Crippen LogP contribution in [0.5, 0.6) is 0 Å². The summed E-state index contributed by atoms with van der Waals surface area (Å²) in [6, 6.07) is 2.78. The van der Waals surface area contributed by atoms with Crippen molar-refractivity contribution >= 4 is 6.09 Å². The van der Waals surface area contributed by atoms with Gasteiger partial charge in [0.05, 0.1) is 12.5 Å².